The molecule has 2 aromatic carbocycles. The second-order valence-corrected chi connectivity index (χ2v) is 5.94. The van der Waals surface area contributed by atoms with Gasteiger partial charge in [-0.1, -0.05) is 29.8 Å². The summed E-state index contributed by atoms with van der Waals surface area (Å²) in [4.78, 5) is 11.9. The fraction of sp³-hybridized carbons (Fsp3) is 0.167. The lowest BCUT2D eigenvalue weighted by Gasteiger charge is -2.09. The van der Waals surface area contributed by atoms with E-state index < -0.39 is 0 Å². The zero-order chi connectivity index (χ0) is 18.8. The molecule has 0 heterocycles. The average Bonchev–Trinajstić information content (AvgIpc) is 2.62. The third-order valence-corrected chi connectivity index (χ3v) is 3.62. The van der Waals surface area contributed by atoms with Gasteiger partial charge in [0.15, 0.2) is 11.7 Å². The smallest absolute Gasteiger partial charge is 0.262 e. The van der Waals surface area contributed by atoms with Crippen LogP contribution in [-0.4, -0.2) is 30.4 Å². The molecular weight excluding hydrogens is 372 g/mol. The molecule has 0 aliphatic heterocycles. The van der Waals surface area contributed by atoms with Gasteiger partial charge in [0.25, 0.3) is 5.91 Å². The van der Waals surface area contributed by atoms with Crippen molar-refractivity contribution in [1.82, 2.24) is 10.7 Å². The Kier molecular flexibility index (Phi) is 7.85. The van der Waals surface area contributed by atoms with Gasteiger partial charge < -0.3 is 15.4 Å². The van der Waals surface area contributed by atoms with Gasteiger partial charge >= 0.3 is 0 Å². The van der Waals surface area contributed by atoms with Gasteiger partial charge in [-0.2, -0.15) is 5.10 Å². The third kappa shape index (κ3) is 6.70. The van der Waals surface area contributed by atoms with E-state index >= 15 is 0 Å². The molecule has 1 amide bonds. The third-order valence-electron chi connectivity index (χ3n) is 3.09. The van der Waals surface area contributed by atoms with Crippen LogP contribution < -0.4 is 20.8 Å². The number of hydrogen-bond donors (Lipinski definition) is 3. The van der Waals surface area contributed by atoms with Crippen LogP contribution in [0.25, 0.3) is 0 Å². The van der Waals surface area contributed by atoms with Gasteiger partial charge in [-0.05, 0) is 55.0 Å². The second kappa shape index (κ2) is 10.4. The first kappa shape index (κ1) is 19.7. The number of anilines is 1. The van der Waals surface area contributed by atoms with Crippen molar-refractivity contribution >= 4 is 46.7 Å². The Morgan fingerprint density at radius 2 is 2.04 bits per heavy atom. The topological polar surface area (TPSA) is 74.8 Å². The normalized spacial score (nSPS) is 10.4. The van der Waals surface area contributed by atoms with Crippen LogP contribution in [0.3, 0.4) is 0 Å². The van der Waals surface area contributed by atoms with E-state index in [1.807, 2.05) is 25.1 Å². The Morgan fingerprint density at radius 3 is 2.73 bits per heavy atom. The molecule has 0 radical (unpaired) electrons. The molecule has 0 saturated heterocycles. The summed E-state index contributed by atoms with van der Waals surface area (Å²) in [5.41, 5.74) is 4.17. The summed E-state index contributed by atoms with van der Waals surface area (Å²) in [6.45, 7) is 2.52. The number of halogens is 1. The minimum Gasteiger partial charge on any atom is -0.482 e. The van der Waals surface area contributed by atoms with Crippen LogP contribution in [0.4, 0.5) is 5.69 Å². The maximum atomic E-state index is 11.9. The highest BCUT2D eigenvalue weighted by molar-refractivity contribution is 7.80. The maximum Gasteiger partial charge on any atom is 0.262 e. The molecule has 0 atom stereocenters. The summed E-state index contributed by atoms with van der Waals surface area (Å²) in [6.07, 6.45) is 1.58. The summed E-state index contributed by atoms with van der Waals surface area (Å²) in [5, 5.41) is 10.5. The molecule has 0 saturated carbocycles. The van der Waals surface area contributed by atoms with Crippen LogP contribution in [0.1, 0.15) is 12.5 Å². The number of thiocarbonyl (C=S) groups is 1. The van der Waals surface area contributed by atoms with Gasteiger partial charge in [0.2, 0.25) is 0 Å². The zero-order valence-corrected chi connectivity index (χ0v) is 15.7. The maximum absolute atomic E-state index is 11.9. The highest BCUT2D eigenvalue weighted by Crippen LogP contribution is 2.24. The molecule has 0 spiro atoms. The minimum atomic E-state index is -0.265. The van der Waals surface area contributed by atoms with E-state index in [-0.39, 0.29) is 12.5 Å². The number of carbonyl (C=O) groups is 1. The molecule has 0 unspecified atom stereocenters. The van der Waals surface area contributed by atoms with Gasteiger partial charge in [-0.15, -0.1) is 0 Å². The van der Waals surface area contributed by atoms with Gasteiger partial charge in [0.1, 0.15) is 5.75 Å². The number of amides is 1. The molecule has 2 rings (SSSR count). The number of hydrazone groups is 1. The monoisotopic (exact) mass is 390 g/mol. The lowest BCUT2D eigenvalue weighted by molar-refractivity contribution is -0.118. The average molecular weight is 391 g/mol. The van der Waals surface area contributed by atoms with Crippen molar-refractivity contribution in [3.05, 3.63) is 59.1 Å². The van der Waals surface area contributed by atoms with Gasteiger partial charge in [-0.3, -0.25) is 10.2 Å². The molecule has 2 aromatic rings. The van der Waals surface area contributed by atoms with E-state index in [2.05, 4.69) is 21.2 Å². The number of nitrogens with zero attached hydrogens (tertiary/aromatic N) is 1. The molecule has 3 N–H and O–H groups in total. The van der Waals surface area contributed by atoms with E-state index in [4.69, 9.17) is 28.6 Å². The van der Waals surface area contributed by atoms with Crippen molar-refractivity contribution in [3.8, 4) is 5.75 Å². The molecule has 136 valence electrons. The van der Waals surface area contributed by atoms with Gasteiger partial charge in [-0.25, -0.2) is 0 Å². The van der Waals surface area contributed by atoms with Crippen LogP contribution in [0.2, 0.25) is 5.02 Å². The van der Waals surface area contributed by atoms with Crippen LogP contribution in [0, 0.1) is 0 Å². The second-order valence-electron chi connectivity index (χ2n) is 5.12. The molecule has 0 bridgehead atoms. The highest BCUT2D eigenvalue weighted by atomic mass is 35.5. The standard InChI is InChI=1S/C18H19ClN4O2S/c1-2-20-18(26)23-21-11-13-8-9-16(15(19)10-13)25-12-17(24)22-14-6-4-3-5-7-14/h3-11H,2,12H2,1H3,(H,22,24)(H2,20,23,26)/b21-11-. The van der Waals surface area contributed by atoms with Crippen molar-refractivity contribution in [3.63, 3.8) is 0 Å². The number of hydrogen-bond acceptors (Lipinski definition) is 4. The lowest BCUT2D eigenvalue weighted by atomic mass is 10.2. The SMILES string of the molecule is CCNC(=S)N/N=C\c1ccc(OCC(=O)Nc2ccccc2)c(Cl)c1. The van der Waals surface area contributed by atoms with Crippen LogP contribution in [-0.2, 0) is 4.79 Å². The number of rotatable bonds is 7. The molecule has 0 fully saturated rings. The van der Waals surface area contributed by atoms with E-state index in [1.54, 1.807) is 36.5 Å². The number of ether oxygens (including phenoxy) is 1. The zero-order valence-electron chi connectivity index (χ0n) is 14.2. The quantitative estimate of drug-likeness (QED) is 0.384. The van der Waals surface area contributed by atoms with Crippen LogP contribution >= 0.6 is 23.8 Å². The molecule has 0 aromatic heterocycles. The molecule has 0 aliphatic rings. The fourth-order valence-electron chi connectivity index (χ4n) is 1.94. The number of benzene rings is 2. The summed E-state index contributed by atoms with van der Waals surface area (Å²) in [6, 6.07) is 14.3. The van der Waals surface area contributed by atoms with Crippen molar-refractivity contribution in [2.45, 2.75) is 6.92 Å². The number of nitrogens with one attached hydrogen (secondary N) is 3. The Balaban J connectivity index is 1.86. The number of carbonyl (C=O) groups excluding carboxylic acids is 1. The molecule has 6 nitrogen and oxygen atoms in total. The van der Waals surface area contributed by atoms with Crippen molar-refractivity contribution < 1.29 is 9.53 Å². The van der Waals surface area contributed by atoms with E-state index in [0.717, 1.165) is 12.1 Å². The fourth-order valence-corrected chi connectivity index (χ4v) is 2.38. The molecule has 0 aliphatic carbocycles. The Bertz CT molecular complexity index is 784. The van der Waals surface area contributed by atoms with Crippen LogP contribution in [0.15, 0.2) is 53.6 Å². The first-order chi connectivity index (χ1) is 12.6. The lowest BCUT2D eigenvalue weighted by Crippen LogP contribution is -2.31. The van der Waals surface area contributed by atoms with Crippen molar-refractivity contribution in [1.29, 1.82) is 0 Å². The summed E-state index contributed by atoms with van der Waals surface area (Å²) in [5.74, 6) is 0.155. The Labute approximate surface area is 162 Å². The summed E-state index contributed by atoms with van der Waals surface area (Å²) in [7, 11) is 0. The van der Waals surface area contributed by atoms with Crippen molar-refractivity contribution in [2.75, 3.05) is 18.5 Å². The van der Waals surface area contributed by atoms with Gasteiger partial charge in [0.05, 0.1) is 11.2 Å². The highest BCUT2D eigenvalue weighted by Gasteiger charge is 2.07. The molecular formula is C18H19ClN4O2S. The van der Waals surface area contributed by atoms with Crippen molar-refractivity contribution in [2.24, 2.45) is 5.10 Å². The Hall–Kier alpha value is -2.64. The van der Waals surface area contributed by atoms with E-state index in [0.29, 0.717) is 21.6 Å². The predicted molar refractivity (Wildman–Crippen MR) is 109 cm³/mol. The minimum absolute atomic E-state index is 0.138. The predicted octanol–water partition coefficient (Wildman–Crippen LogP) is 3.18. The largest absolute Gasteiger partial charge is 0.482 e. The summed E-state index contributed by atoms with van der Waals surface area (Å²) >= 11 is 11.2. The first-order valence-corrected chi connectivity index (χ1v) is 8.71. The Morgan fingerprint density at radius 1 is 1.27 bits per heavy atom. The van der Waals surface area contributed by atoms with Gasteiger partial charge in [0, 0.05) is 12.2 Å². The van der Waals surface area contributed by atoms with E-state index in [9.17, 15) is 4.79 Å². The first-order valence-electron chi connectivity index (χ1n) is 7.92. The summed E-state index contributed by atoms with van der Waals surface area (Å²) < 4.78 is 5.47. The molecule has 26 heavy (non-hydrogen) atoms. The van der Waals surface area contributed by atoms with E-state index in [1.165, 1.54) is 0 Å². The van der Waals surface area contributed by atoms with Crippen LogP contribution in [0.5, 0.6) is 5.75 Å². The number of para-hydroxylation sites is 1. The molecule has 8 heteroatoms.